The maximum absolute atomic E-state index is 12.3. The fourth-order valence-electron chi connectivity index (χ4n) is 1.75. The highest BCUT2D eigenvalue weighted by molar-refractivity contribution is 6.42. The van der Waals surface area contributed by atoms with Gasteiger partial charge in [0.05, 0.1) is 20.6 Å². The third kappa shape index (κ3) is 3.23. The molecule has 0 unspecified atom stereocenters. The van der Waals surface area contributed by atoms with E-state index in [1.165, 1.54) is 17.3 Å². The lowest BCUT2D eigenvalue weighted by atomic mass is 10.2. The third-order valence-corrected chi connectivity index (χ3v) is 3.95. The molecule has 1 aromatic carbocycles. The number of halogens is 3. The van der Waals surface area contributed by atoms with Crippen molar-refractivity contribution in [2.75, 3.05) is 7.05 Å². The van der Waals surface area contributed by atoms with Gasteiger partial charge in [0, 0.05) is 26.0 Å². The minimum atomic E-state index is -0.201. The number of carbonyl (C=O) groups excluding carboxylic acids is 1. The topological polar surface area (TPSA) is 33.2 Å². The fourth-order valence-corrected chi connectivity index (χ4v) is 2.33. The van der Waals surface area contributed by atoms with E-state index in [-0.39, 0.29) is 5.91 Å². The summed E-state index contributed by atoms with van der Waals surface area (Å²) < 4.78 is 0. The zero-order valence-corrected chi connectivity index (χ0v) is 12.9. The van der Waals surface area contributed by atoms with Crippen LogP contribution >= 0.6 is 34.8 Å². The molecule has 0 N–H and O–H groups in total. The molecule has 1 aromatic heterocycles. The van der Waals surface area contributed by atoms with Gasteiger partial charge in [0.15, 0.2) is 0 Å². The van der Waals surface area contributed by atoms with E-state index >= 15 is 0 Å². The van der Waals surface area contributed by atoms with Crippen LogP contribution in [0.4, 0.5) is 0 Å². The molecule has 1 heterocycles. The number of carbonyl (C=O) groups is 1. The van der Waals surface area contributed by atoms with Crippen molar-refractivity contribution in [2.24, 2.45) is 0 Å². The van der Waals surface area contributed by atoms with E-state index in [9.17, 15) is 4.79 Å². The SMILES string of the molecule is CN(Cc1cccc(Cl)c1Cl)C(=O)c1ccncc1Cl. The Balaban J connectivity index is 2.20. The molecule has 0 spiro atoms. The van der Waals surface area contributed by atoms with Gasteiger partial charge in [-0.2, -0.15) is 0 Å². The van der Waals surface area contributed by atoms with E-state index in [4.69, 9.17) is 34.8 Å². The molecule has 0 saturated heterocycles. The molecular weight excluding hydrogens is 319 g/mol. The average Bonchev–Trinajstić information content (AvgIpc) is 2.43. The van der Waals surface area contributed by atoms with Crippen LogP contribution in [0, 0.1) is 0 Å². The molecule has 2 rings (SSSR count). The van der Waals surface area contributed by atoms with Gasteiger partial charge in [-0.15, -0.1) is 0 Å². The maximum atomic E-state index is 12.3. The lowest BCUT2D eigenvalue weighted by Crippen LogP contribution is -2.26. The minimum absolute atomic E-state index is 0.201. The molecule has 0 atom stereocenters. The lowest BCUT2D eigenvalue weighted by Gasteiger charge is -2.18. The number of benzene rings is 1. The maximum Gasteiger partial charge on any atom is 0.255 e. The highest BCUT2D eigenvalue weighted by atomic mass is 35.5. The van der Waals surface area contributed by atoms with Crippen molar-refractivity contribution in [1.82, 2.24) is 9.88 Å². The Bertz CT molecular complexity index is 646. The van der Waals surface area contributed by atoms with Gasteiger partial charge in [0.2, 0.25) is 0 Å². The molecule has 104 valence electrons. The van der Waals surface area contributed by atoms with Crippen molar-refractivity contribution in [1.29, 1.82) is 0 Å². The Morgan fingerprint density at radius 1 is 1.20 bits per heavy atom. The third-order valence-electron chi connectivity index (χ3n) is 2.79. The van der Waals surface area contributed by atoms with E-state index in [0.29, 0.717) is 27.2 Å². The Morgan fingerprint density at radius 2 is 1.95 bits per heavy atom. The summed E-state index contributed by atoms with van der Waals surface area (Å²) in [5.74, 6) is -0.201. The van der Waals surface area contributed by atoms with Crippen LogP contribution in [0.2, 0.25) is 15.1 Å². The number of amides is 1. The monoisotopic (exact) mass is 328 g/mol. The van der Waals surface area contributed by atoms with Crippen molar-refractivity contribution in [3.05, 3.63) is 62.9 Å². The highest BCUT2D eigenvalue weighted by Gasteiger charge is 2.16. The molecule has 6 heteroatoms. The second-order valence-electron chi connectivity index (χ2n) is 4.23. The van der Waals surface area contributed by atoms with E-state index in [1.54, 1.807) is 25.2 Å². The van der Waals surface area contributed by atoms with E-state index in [0.717, 1.165) is 5.56 Å². The van der Waals surface area contributed by atoms with Crippen molar-refractivity contribution < 1.29 is 4.79 Å². The van der Waals surface area contributed by atoms with Crippen molar-refractivity contribution in [2.45, 2.75) is 6.54 Å². The van der Waals surface area contributed by atoms with Gasteiger partial charge in [-0.3, -0.25) is 9.78 Å². The summed E-state index contributed by atoms with van der Waals surface area (Å²) in [7, 11) is 1.68. The first kappa shape index (κ1) is 15.1. The van der Waals surface area contributed by atoms with Gasteiger partial charge >= 0.3 is 0 Å². The van der Waals surface area contributed by atoms with Crippen LogP contribution in [-0.2, 0) is 6.54 Å². The minimum Gasteiger partial charge on any atom is -0.337 e. The Labute approximate surface area is 132 Å². The molecule has 20 heavy (non-hydrogen) atoms. The Hall–Kier alpha value is -1.29. The molecule has 3 nitrogen and oxygen atoms in total. The summed E-state index contributed by atoms with van der Waals surface area (Å²) in [6.45, 7) is 0.344. The molecule has 0 fully saturated rings. The van der Waals surface area contributed by atoms with E-state index in [1.807, 2.05) is 6.07 Å². The van der Waals surface area contributed by atoms with Gasteiger partial charge in [-0.1, -0.05) is 46.9 Å². The van der Waals surface area contributed by atoms with Crippen LogP contribution < -0.4 is 0 Å². The van der Waals surface area contributed by atoms with Crippen molar-refractivity contribution in [3.63, 3.8) is 0 Å². The second-order valence-corrected chi connectivity index (χ2v) is 5.42. The Kier molecular flexibility index (Phi) is 4.86. The van der Waals surface area contributed by atoms with Crippen LogP contribution in [0.1, 0.15) is 15.9 Å². The molecular formula is C14H11Cl3N2O. The summed E-state index contributed by atoms with van der Waals surface area (Å²) in [4.78, 5) is 17.7. The Morgan fingerprint density at radius 3 is 2.65 bits per heavy atom. The van der Waals surface area contributed by atoms with Gasteiger partial charge in [-0.05, 0) is 17.7 Å². The number of rotatable bonds is 3. The van der Waals surface area contributed by atoms with E-state index < -0.39 is 0 Å². The number of aromatic nitrogens is 1. The highest BCUT2D eigenvalue weighted by Crippen LogP contribution is 2.27. The molecule has 0 radical (unpaired) electrons. The van der Waals surface area contributed by atoms with Gasteiger partial charge < -0.3 is 4.90 Å². The lowest BCUT2D eigenvalue weighted by molar-refractivity contribution is 0.0785. The van der Waals surface area contributed by atoms with Gasteiger partial charge in [0.25, 0.3) is 5.91 Å². The van der Waals surface area contributed by atoms with Crippen molar-refractivity contribution in [3.8, 4) is 0 Å². The number of hydrogen-bond donors (Lipinski definition) is 0. The summed E-state index contributed by atoms with van der Waals surface area (Å²) in [5, 5.41) is 1.24. The smallest absolute Gasteiger partial charge is 0.255 e. The predicted molar refractivity (Wildman–Crippen MR) is 81.5 cm³/mol. The van der Waals surface area contributed by atoms with Gasteiger partial charge in [-0.25, -0.2) is 0 Å². The molecule has 0 bridgehead atoms. The predicted octanol–water partition coefficient (Wildman–Crippen LogP) is 4.31. The largest absolute Gasteiger partial charge is 0.337 e. The number of nitrogens with zero attached hydrogens (tertiary/aromatic N) is 2. The normalized spacial score (nSPS) is 10.4. The average molecular weight is 330 g/mol. The molecule has 2 aromatic rings. The van der Waals surface area contributed by atoms with Crippen LogP contribution in [0.15, 0.2) is 36.7 Å². The fraction of sp³-hybridized carbons (Fsp3) is 0.143. The molecule has 0 aliphatic heterocycles. The summed E-state index contributed by atoms with van der Waals surface area (Å²) in [5.41, 5.74) is 1.18. The zero-order chi connectivity index (χ0) is 14.7. The molecule has 0 aliphatic carbocycles. The van der Waals surface area contributed by atoms with Crippen LogP contribution in [0.5, 0.6) is 0 Å². The number of pyridine rings is 1. The molecule has 0 aliphatic rings. The summed E-state index contributed by atoms with van der Waals surface area (Å²) in [6.07, 6.45) is 2.97. The van der Waals surface area contributed by atoms with Gasteiger partial charge in [0.1, 0.15) is 0 Å². The van der Waals surface area contributed by atoms with Crippen LogP contribution in [-0.4, -0.2) is 22.8 Å². The number of hydrogen-bond acceptors (Lipinski definition) is 2. The quantitative estimate of drug-likeness (QED) is 0.840. The second kappa shape index (κ2) is 6.44. The molecule has 1 amide bonds. The summed E-state index contributed by atoms with van der Waals surface area (Å²) >= 11 is 18.0. The zero-order valence-electron chi connectivity index (χ0n) is 10.6. The van der Waals surface area contributed by atoms with E-state index in [2.05, 4.69) is 4.98 Å². The summed E-state index contributed by atoms with van der Waals surface area (Å²) in [6, 6.07) is 6.91. The first-order valence-electron chi connectivity index (χ1n) is 5.78. The first-order chi connectivity index (χ1) is 9.50. The van der Waals surface area contributed by atoms with Crippen LogP contribution in [0.25, 0.3) is 0 Å². The first-order valence-corrected chi connectivity index (χ1v) is 6.92. The standard InChI is InChI=1S/C14H11Cl3N2O/c1-19(8-9-3-2-4-11(15)13(9)17)14(20)10-5-6-18-7-12(10)16/h2-7H,8H2,1H3. The van der Waals surface area contributed by atoms with Crippen molar-refractivity contribution >= 4 is 40.7 Å². The molecule has 0 saturated carbocycles. The van der Waals surface area contributed by atoms with Crippen LogP contribution in [0.3, 0.4) is 0 Å².